The molecule has 10 heteroatoms. The van der Waals surface area contributed by atoms with E-state index in [-0.39, 0.29) is 5.91 Å². The highest BCUT2D eigenvalue weighted by atomic mass is 35.5. The zero-order valence-corrected chi connectivity index (χ0v) is 21.4. The third-order valence-electron chi connectivity index (χ3n) is 6.73. The van der Waals surface area contributed by atoms with E-state index < -0.39 is 12.1 Å². The fraction of sp³-hybridized carbons (Fsp3) is 0.462. The second-order valence-corrected chi connectivity index (χ2v) is 9.55. The van der Waals surface area contributed by atoms with E-state index in [1.807, 2.05) is 17.1 Å². The number of para-hydroxylation sites is 1. The van der Waals surface area contributed by atoms with Gasteiger partial charge in [0.25, 0.3) is 5.91 Å². The molecule has 2 fully saturated rings. The van der Waals surface area contributed by atoms with E-state index in [9.17, 15) is 9.59 Å². The number of nitrogens with one attached hydrogen (secondary N) is 4. The minimum atomic E-state index is -0.945. The lowest BCUT2D eigenvalue weighted by atomic mass is 10.0. The first-order valence-electron chi connectivity index (χ1n) is 12.5. The summed E-state index contributed by atoms with van der Waals surface area (Å²) in [6, 6.07) is 13.1. The van der Waals surface area contributed by atoms with E-state index in [0.717, 1.165) is 45.7 Å². The molecule has 2 saturated heterocycles. The molecule has 2 aromatic carbocycles. The van der Waals surface area contributed by atoms with Crippen LogP contribution >= 0.6 is 11.6 Å². The molecule has 2 aromatic rings. The van der Waals surface area contributed by atoms with Crippen molar-refractivity contribution in [2.45, 2.75) is 31.3 Å². The summed E-state index contributed by atoms with van der Waals surface area (Å²) < 4.78 is 5.48. The fourth-order valence-corrected chi connectivity index (χ4v) is 4.93. The van der Waals surface area contributed by atoms with Crippen molar-refractivity contribution in [3.8, 4) is 5.75 Å². The number of hydrazine groups is 1. The molecule has 4 rings (SSSR count). The molecule has 36 heavy (non-hydrogen) atoms. The van der Waals surface area contributed by atoms with Gasteiger partial charge in [-0.15, -0.1) is 0 Å². The SMILES string of the molecule is COc1ccccc1C(NC(=O)Nc1ccc(Cl)cc1)C(=O)NN1CCN(C2CCCNCC2)CC1. The van der Waals surface area contributed by atoms with Gasteiger partial charge in [-0.3, -0.25) is 15.1 Å². The van der Waals surface area contributed by atoms with Crippen LogP contribution in [0.2, 0.25) is 5.02 Å². The van der Waals surface area contributed by atoms with Crippen LogP contribution in [0, 0.1) is 0 Å². The number of halogens is 1. The lowest BCUT2D eigenvalue weighted by molar-refractivity contribution is -0.129. The molecule has 194 valence electrons. The van der Waals surface area contributed by atoms with E-state index >= 15 is 0 Å². The number of nitrogens with zero attached hydrogens (tertiary/aromatic N) is 2. The average molecular weight is 515 g/mol. The van der Waals surface area contributed by atoms with Crippen LogP contribution in [-0.4, -0.2) is 74.3 Å². The van der Waals surface area contributed by atoms with E-state index in [1.165, 1.54) is 12.8 Å². The quantitative estimate of drug-likeness (QED) is 0.453. The van der Waals surface area contributed by atoms with Crippen molar-refractivity contribution in [3.05, 3.63) is 59.1 Å². The molecule has 4 N–H and O–H groups in total. The highest BCUT2D eigenvalue weighted by molar-refractivity contribution is 6.30. The molecular formula is C26H35ClN6O3. The summed E-state index contributed by atoms with van der Waals surface area (Å²) in [5, 5.41) is 11.6. The number of rotatable bonds is 7. The maximum atomic E-state index is 13.5. The van der Waals surface area contributed by atoms with Crippen LogP contribution in [0.5, 0.6) is 5.75 Å². The molecule has 0 aliphatic carbocycles. The number of carbonyl (C=O) groups is 2. The molecular weight excluding hydrogens is 480 g/mol. The van der Waals surface area contributed by atoms with E-state index in [0.29, 0.717) is 28.1 Å². The largest absolute Gasteiger partial charge is 0.496 e. The molecule has 2 aliphatic heterocycles. The Balaban J connectivity index is 1.40. The minimum Gasteiger partial charge on any atom is -0.496 e. The number of hydrogen-bond donors (Lipinski definition) is 4. The molecule has 0 bridgehead atoms. The van der Waals surface area contributed by atoms with Crippen LogP contribution in [0.3, 0.4) is 0 Å². The van der Waals surface area contributed by atoms with Gasteiger partial charge in [0.1, 0.15) is 11.8 Å². The Hall–Kier alpha value is -2.85. The Morgan fingerprint density at radius 3 is 2.53 bits per heavy atom. The van der Waals surface area contributed by atoms with Crippen LogP contribution in [0.4, 0.5) is 10.5 Å². The maximum absolute atomic E-state index is 13.5. The number of anilines is 1. The van der Waals surface area contributed by atoms with Gasteiger partial charge in [0.2, 0.25) is 0 Å². The van der Waals surface area contributed by atoms with Gasteiger partial charge in [-0.25, -0.2) is 9.80 Å². The average Bonchev–Trinajstić information content (AvgIpc) is 3.19. The monoisotopic (exact) mass is 514 g/mol. The highest BCUT2D eigenvalue weighted by Crippen LogP contribution is 2.26. The van der Waals surface area contributed by atoms with E-state index in [4.69, 9.17) is 16.3 Å². The van der Waals surface area contributed by atoms with Gasteiger partial charge in [-0.1, -0.05) is 29.8 Å². The summed E-state index contributed by atoms with van der Waals surface area (Å²) >= 11 is 5.93. The molecule has 0 saturated carbocycles. The van der Waals surface area contributed by atoms with Crippen molar-refractivity contribution < 1.29 is 14.3 Å². The van der Waals surface area contributed by atoms with Gasteiger partial charge in [-0.05, 0) is 62.7 Å². The topological polar surface area (TPSA) is 98.0 Å². The fourth-order valence-electron chi connectivity index (χ4n) is 4.81. The summed E-state index contributed by atoms with van der Waals surface area (Å²) in [6.45, 7) is 5.40. The second kappa shape index (κ2) is 12.9. The summed E-state index contributed by atoms with van der Waals surface area (Å²) in [5.41, 5.74) is 4.17. The number of ether oxygens (including phenoxy) is 1. The smallest absolute Gasteiger partial charge is 0.320 e. The van der Waals surface area contributed by atoms with Crippen molar-refractivity contribution in [3.63, 3.8) is 0 Å². The second-order valence-electron chi connectivity index (χ2n) is 9.11. The van der Waals surface area contributed by atoms with Gasteiger partial charge in [0.05, 0.1) is 7.11 Å². The van der Waals surface area contributed by atoms with Gasteiger partial charge < -0.3 is 20.7 Å². The van der Waals surface area contributed by atoms with Crippen LogP contribution < -0.4 is 26.1 Å². The van der Waals surface area contributed by atoms with E-state index in [1.54, 1.807) is 43.5 Å². The molecule has 2 unspecified atom stereocenters. The first-order chi connectivity index (χ1) is 17.5. The third kappa shape index (κ3) is 7.10. The normalized spacial score (nSPS) is 20.1. The minimum absolute atomic E-state index is 0.321. The first-order valence-corrected chi connectivity index (χ1v) is 12.9. The summed E-state index contributed by atoms with van der Waals surface area (Å²) in [7, 11) is 1.55. The summed E-state index contributed by atoms with van der Waals surface area (Å²) in [4.78, 5) is 28.8. The van der Waals surface area contributed by atoms with Gasteiger partial charge in [0.15, 0.2) is 0 Å². The number of benzene rings is 2. The van der Waals surface area contributed by atoms with Crippen LogP contribution in [0.15, 0.2) is 48.5 Å². The number of amides is 3. The Kier molecular flexibility index (Phi) is 9.41. The van der Waals surface area contributed by atoms with Crippen molar-refractivity contribution in [1.82, 2.24) is 26.0 Å². The predicted molar refractivity (Wildman–Crippen MR) is 141 cm³/mol. The molecule has 0 radical (unpaired) electrons. The molecule has 0 aromatic heterocycles. The highest BCUT2D eigenvalue weighted by Gasteiger charge is 2.30. The molecule has 2 aliphatic rings. The van der Waals surface area contributed by atoms with Crippen LogP contribution in [0.1, 0.15) is 30.9 Å². The Morgan fingerprint density at radius 1 is 1.03 bits per heavy atom. The van der Waals surface area contributed by atoms with Crippen molar-refractivity contribution in [1.29, 1.82) is 0 Å². The lowest BCUT2D eigenvalue weighted by Crippen LogP contribution is -2.57. The van der Waals surface area contributed by atoms with Crippen LogP contribution in [-0.2, 0) is 4.79 Å². The third-order valence-corrected chi connectivity index (χ3v) is 6.99. The standard InChI is InChI=1S/C26H35ClN6O3/c1-36-23-7-3-2-6-22(23)24(30-26(35)29-20-10-8-19(27)9-11-20)25(34)31-33-17-15-32(16-18-33)21-5-4-13-28-14-12-21/h2-3,6-11,21,24,28H,4-5,12-18H2,1H3,(H,31,34)(H2,29,30,35). The van der Waals surface area contributed by atoms with Crippen molar-refractivity contribution in [2.75, 3.05) is 51.7 Å². The lowest BCUT2D eigenvalue weighted by Gasteiger charge is -2.39. The molecule has 9 nitrogen and oxygen atoms in total. The number of hydrogen-bond acceptors (Lipinski definition) is 6. The molecule has 2 atom stereocenters. The maximum Gasteiger partial charge on any atom is 0.320 e. The number of methoxy groups -OCH3 is 1. The van der Waals surface area contributed by atoms with Crippen molar-refractivity contribution >= 4 is 29.2 Å². The molecule has 0 spiro atoms. The summed E-state index contributed by atoms with van der Waals surface area (Å²) in [6.07, 6.45) is 3.57. The van der Waals surface area contributed by atoms with Crippen LogP contribution in [0.25, 0.3) is 0 Å². The van der Waals surface area contributed by atoms with E-state index in [2.05, 4.69) is 26.3 Å². The zero-order valence-electron chi connectivity index (χ0n) is 20.6. The Labute approximate surface area is 217 Å². The first kappa shape index (κ1) is 26.2. The van der Waals surface area contributed by atoms with Gasteiger partial charge in [0, 0.05) is 48.5 Å². The predicted octanol–water partition coefficient (Wildman–Crippen LogP) is 3.00. The number of urea groups is 1. The van der Waals surface area contributed by atoms with Gasteiger partial charge >= 0.3 is 6.03 Å². The molecule has 2 heterocycles. The zero-order chi connectivity index (χ0) is 25.3. The molecule has 3 amide bonds. The number of piperazine rings is 1. The van der Waals surface area contributed by atoms with Crippen molar-refractivity contribution in [2.24, 2.45) is 0 Å². The Bertz CT molecular complexity index is 1000. The van der Waals surface area contributed by atoms with Gasteiger partial charge in [-0.2, -0.15) is 0 Å². The summed E-state index contributed by atoms with van der Waals surface area (Å²) in [5.74, 6) is 0.203. The Morgan fingerprint density at radius 2 is 1.78 bits per heavy atom. The number of carbonyl (C=O) groups excluding carboxylic acids is 2.